The van der Waals surface area contributed by atoms with Crippen LogP contribution in [0, 0.1) is 12.7 Å². The third kappa shape index (κ3) is 3.71. The number of thiophene rings is 1. The molecule has 0 N–H and O–H groups in total. The number of amides is 1. The molecule has 0 radical (unpaired) electrons. The average molecular weight is 387 g/mol. The van der Waals surface area contributed by atoms with Crippen LogP contribution in [0.15, 0.2) is 40.2 Å². The van der Waals surface area contributed by atoms with Crippen molar-refractivity contribution in [2.24, 2.45) is 0 Å². The summed E-state index contributed by atoms with van der Waals surface area (Å²) >= 11 is 1.45. The van der Waals surface area contributed by atoms with Gasteiger partial charge >= 0.3 is 0 Å². The Kier molecular flexibility index (Phi) is 4.89. The van der Waals surface area contributed by atoms with Crippen molar-refractivity contribution in [3.63, 3.8) is 0 Å². The Morgan fingerprint density at radius 2 is 2.19 bits per heavy atom. The highest BCUT2D eigenvalue weighted by molar-refractivity contribution is 7.12. The van der Waals surface area contributed by atoms with Crippen molar-refractivity contribution in [2.75, 3.05) is 6.54 Å². The van der Waals surface area contributed by atoms with Crippen LogP contribution in [0.1, 0.15) is 45.8 Å². The van der Waals surface area contributed by atoms with Crippen molar-refractivity contribution in [3.8, 4) is 5.75 Å². The number of benzene rings is 1. The molecule has 140 valence electrons. The molecule has 1 aliphatic heterocycles. The average Bonchev–Trinajstić information content (AvgIpc) is 3.41. The van der Waals surface area contributed by atoms with E-state index in [1.54, 1.807) is 0 Å². The summed E-state index contributed by atoms with van der Waals surface area (Å²) in [7, 11) is 0. The second-order valence-electron chi connectivity index (χ2n) is 6.38. The maximum Gasteiger partial charge on any atom is 0.264 e. The SMILES string of the molecule is Cc1ccsc1C(=O)N1CCCC1c1noc(COc2ccc(F)cc2)n1. The molecule has 1 aliphatic rings. The molecule has 3 heterocycles. The van der Waals surface area contributed by atoms with Crippen molar-refractivity contribution in [3.05, 3.63) is 63.7 Å². The molecule has 0 aliphatic carbocycles. The second kappa shape index (κ2) is 7.48. The van der Waals surface area contributed by atoms with E-state index < -0.39 is 0 Å². The molecular weight excluding hydrogens is 369 g/mol. The standard InChI is InChI=1S/C19H18FN3O3S/c1-12-8-10-27-17(12)19(24)23-9-2-3-15(23)18-21-16(26-22-18)11-25-14-6-4-13(20)5-7-14/h4-8,10,15H,2-3,9,11H2,1H3. The van der Waals surface area contributed by atoms with E-state index in [0.717, 1.165) is 23.3 Å². The van der Waals surface area contributed by atoms with Crippen LogP contribution < -0.4 is 4.74 Å². The van der Waals surface area contributed by atoms with Gasteiger partial charge in [-0.05, 0) is 61.0 Å². The van der Waals surface area contributed by atoms with E-state index in [1.165, 1.54) is 35.6 Å². The van der Waals surface area contributed by atoms with Crippen LogP contribution in [-0.2, 0) is 6.61 Å². The van der Waals surface area contributed by atoms with Crippen LogP contribution in [0.2, 0.25) is 0 Å². The normalized spacial score (nSPS) is 16.7. The zero-order valence-electron chi connectivity index (χ0n) is 14.7. The zero-order valence-corrected chi connectivity index (χ0v) is 15.5. The van der Waals surface area contributed by atoms with Gasteiger partial charge in [-0.25, -0.2) is 4.39 Å². The molecule has 1 atom stereocenters. The lowest BCUT2D eigenvalue weighted by atomic mass is 10.2. The number of aromatic nitrogens is 2. The molecule has 2 aromatic heterocycles. The number of rotatable bonds is 5. The summed E-state index contributed by atoms with van der Waals surface area (Å²) in [5, 5.41) is 5.97. The van der Waals surface area contributed by atoms with E-state index in [0.29, 0.717) is 24.0 Å². The summed E-state index contributed by atoms with van der Waals surface area (Å²) in [5.41, 5.74) is 0.983. The van der Waals surface area contributed by atoms with Crippen LogP contribution in [0.3, 0.4) is 0 Å². The highest BCUT2D eigenvalue weighted by Crippen LogP contribution is 2.33. The lowest BCUT2D eigenvalue weighted by Crippen LogP contribution is -2.31. The van der Waals surface area contributed by atoms with E-state index in [-0.39, 0.29) is 24.4 Å². The number of nitrogens with zero attached hydrogens (tertiary/aromatic N) is 3. The molecule has 4 rings (SSSR count). The summed E-state index contributed by atoms with van der Waals surface area (Å²) in [5.74, 6) is 1.02. The minimum atomic E-state index is -0.325. The minimum Gasteiger partial charge on any atom is -0.484 e. The van der Waals surface area contributed by atoms with Gasteiger partial charge in [0, 0.05) is 6.54 Å². The third-order valence-corrected chi connectivity index (χ3v) is 5.53. The zero-order chi connectivity index (χ0) is 18.8. The molecule has 0 spiro atoms. The van der Waals surface area contributed by atoms with Gasteiger partial charge in [-0.2, -0.15) is 4.98 Å². The second-order valence-corrected chi connectivity index (χ2v) is 7.29. The minimum absolute atomic E-state index is 0.0129. The van der Waals surface area contributed by atoms with Gasteiger partial charge in [-0.15, -0.1) is 11.3 Å². The summed E-state index contributed by atoms with van der Waals surface area (Å²) in [6.07, 6.45) is 1.70. The van der Waals surface area contributed by atoms with Crippen molar-refractivity contribution < 1.29 is 18.4 Å². The lowest BCUT2D eigenvalue weighted by Gasteiger charge is -2.21. The van der Waals surface area contributed by atoms with Crippen LogP contribution in [0.5, 0.6) is 5.75 Å². The molecule has 1 amide bonds. The van der Waals surface area contributed by atoms with E-state index >= 15 is 0 Å². The van der Waals surface area contributed by atoms with Gasteiger partial charge in [-0.1, -0.05) is 5.16 Å². The van der Waals surface area contributed by atoms with E-state index in [9.17, 15) is 9.18 Å². The molecule has 3 aromatic rings. The van der Waals surface area contributed by atoms with Crippen LogP contribution in [-0.4, -0.2) is 27.5 Å². The van der Waals surface area contributed by atoms with Crippen LogP contribution >= 0.6 is 11.3 Å². The fraction of sp³-hybridized carbons (Fsp3) is 0.316. The Morgan fingerprint density at radius 3 is 2.93 bits per heavy atom. The van der Waals surface area contributed by atoms with Crippen LogP contribution in [0.25, 0.3) is 0 Å². The molecule has 1 unspecified atom stereocenters. The first-order valence-corrected chi connectivity index (χ1v) is 9.55. The van der Waals surface area contributed by atoms with Gasteiger partial charge in [0.2, 0.25) is 0 Å². The Balaban J connectivity index is 1.44. The van der Waals surface area contributed by atoms with E-state index in [2.05, 4.69) is 10.1 Å². The van der Waals surface area contributed by atoms with Crippen molar-refractivity contribution in [1.82, 2.24) is 15.0 Å². The fourth-order valence-corrected chi connectivity index (χ4v) is 4.02. The van der Waals surface area contributed by atoms with E-state index in [4.69, 9.17) is 9.26 Å². The summed E-state index contributed by atoms with van der Waals surface area (Å²) in [6.45, 7) is 2.70. The van der Waals surface area contributed by atoms with Crippen molar-refractivity contribution in [2.45, 2.75) is 32.4 Å². The number of likely N-dealkylation sites (tertiary alicyclic amines) is 1. The Morgan fingerprint density at radius 1 is 1.37 bits per heavy atom. The number of carbonyl (C=O) groups excluding carboxylic acids is 1. The van der Waals surface area contributed by atoms with Gasteiger partial charge in [-0.3, -0.25) is 4.79 Å². The summed E-state index contributed by atoms with van der Waals surface area (Å²) in [4.78, 5) is 19.8. The number of hydrogen-bond donors (Lipinski definition) is 0. The highest BCUT2D eigenvalue weighted by atomic mass is 32.1. The lowest BCUT2D eigenvalue weighted by molar-refractivity contribution is 0.0732. The first kappa shape index (κ1) is 17.7. The van der Waals surface area contributed by atoms with Gasteiger partial charge in [0.15, 0.2) is 12.4 Å². The smallest absolute Gasteiger partial charge is 0.264 e. The largest absolute Gasteiger partial charge is 0.484 e. The molecule has 1 fully saturated rings. The number of hydrogen-bond acceptors (Lipinski definition) is 6. The monoisotopic (exact) mass is 387 g/mol. The predicted molar refractivity (Wildman–Crippen MR) is 97.1 cm³/mol. The molecule has 1 aromatic carbocycles. The Bertz CT molecular complexity index is 938. The number of halogens is 1. The van der Waals surface area contributed by atoms with Gasteiger partial charge < -0.3 is 14.2 Å². The molecule has 8 heteroatoms. The van der Waals surface area contributed by atoms with Gasteiger partial charge in [0.1, 0.15) is 11.6 Å². The molecule has 0 bridgehead atoms. The number of aryl methyl sites for hydroxylation is 1. The predicted octanol–water partition coefficient (Wildman–Crippen LogP) is 4.13. The number of ether oxygens (including phenoxy) is 1. The summed E-state index contributed by atoms with van der Waals surface area (Å²) < 4.78 is 23.7. The molecule has 1 saturated heterocycles. The fourth-order valence-electron chi connectivity index (χ4n) is 3.14. The quantitative estimate of drug-likeness (QED) is 0.658. The van der Waals surface area contributed by atoms with Gasteiger partial charge in [0.05, 0.1) is 10.9 Å². The highest BCUT2D eigenvalue weighted by Gasteiger charge is 2.34. The first-order chi connectivity index (χ1) is 13.1. The molecule has 6 nitrogen and oxygen atoms in total. The number of carbonyl (C=O) groups is 1. The first-order valence-electron chi connectivity index (χ1n) is 8.68. The summed E-state index contributed by atoms with van der Waals surface area (Å²) in [6, 6.07) is 7.47. The van der Waals surface area contributed by atoms with Gasteiger partial charge in [0.25, 0.3) is 11.8 Å². The Labute approximate surface area is 159 Å². The van der Waals surface area contributed by atoms with Crippen LogP contribution in [0.4, 0.5) is 4.39 Å². The maximum absolute atomic E-state index is 12.9. The molecule has 0 saturated carbocycles. The molecular formula is C19H18FN3O3S. The third-order valence-electron chi connectivity index (χ3n) is 4.53. The topological polar surface area (TPSA) is 68.5 Å². The Hall–Kier alpha value is -2.74. The maximum atomic E-state index is 12.9. The molecule has 27 heavy (non-hydrogen) atoms. The van der Waals surface area contributed by atoms with Crippen molar-refractivity contribution >= 4 is 17.2 Å². The van der Waals surface area contributed by atoms with E-state index in [1.807, 2.05) is 23.3 Å². The van der Waals surface area contributed by atoms with Crippen molar-refractivity contribution in [1.29, 1.82) is 0 Å².